The highest BCUT2D eigenvalue weighted by Gasteiger charge is 2.11. The van der Waals surface area contributed by atoms with Crippen LogP contribution in [0, 0.1) is 11.6 Å². The van der Waals surface area contributed by atoms with E-state index in [0.29, 0.717) is 0 Å². The summed E-state index contributed by atoms with van der Waals surface area (Å²) in [5.74, 6) is -1.33. The Balaban J connectivity index is 2.44. The summed E-state index contributed by atoms with van der Waals surface area (Å²) >= 11 is 0. The van der Waals surface area contributed by atoms with E-state index in [1.54, 1.807) is 0 Å². The largest absolute Gasteiger partial charge is 0.369 e. The molecule has 0 atom stereocenters. The summed E-state index contributed by atoms with van der Waals surface area (Å²) < 4.78 is 28.0. The van der Waals surface area contributed by atoms with E-state index in [2.05, 4.69) is 4.98 Å². The topological polar surface area (TPSA) is 60.9 Å². The molecule has 1 aromatic heterocycles. The average molecular weight is 251 g/mol. The van der Waals surface area contributed by atoms with Crippen molar-refractivity contribution in [3.63, 3.8) is 0 Å². The minimum Gasteiger partial charge on any atom is -0.369 e. The third-order valence-electron chi connectivity index (χ3n) is 2.64. The zero-order valence-corrected chi connectivity index (χ0v) is 9.65. The van der Waals surface area contributed by atoms with Crippen LogP contribution in [0.3, 0.4) is 0 Å². The van der Waals surface area contributed by atoms with Gasteiger partial charge in [-0.3, -0.25) is 9.36 Å². The van der Waals surface area contributed by atoms with E-state index < -0.39 is 11.6 Å². The van der Waals surface area contributed by atoms with Gasteiger partial charge in [-0.1, -0.05) is 6.07 Å². The highest BCUT2D eigenvalue weighted by atomic mass is 19.1. The molecule has 2 N–H and O–H groups in total. The molecule has 0 fully saturated rings. The minimum absolute atomic E-state index is 0.00856. The molecule has 0 aliphatic carbocycles. The lowest BCUT2D eigenvalue weighted by Crippen LogP contribution is -2.22. The highest BCUT2D eigenvalue weighted by molar-refractivity contribution is 5.27. The van der Waals surface area contributed by atoms with Gasteiger partial charge in [0.2, 0.25) is 5.95 Å². The summed E-state index contributed by atoms with van der Waals surface area (Å²) in [6, 6.07) is 4.80. The average Bonchev–Trinajstić information content (AvgIpc) is 2.31. The fourth-order valence-corrected chi connectivity index (χ4v) is 1.58. The van der Waals surface area contributed by atoms with Crippen LogP contribution in [0.2, 0.25) is 0 Å². The highest BCUT2D eigenvalue weighted by Crippen LogP contribution is 2.15. The number of aromatic nitrogens is 2. The van der Waals surface area contributed by atoms with Crippen molar-refractivity contribution in [3.8, 4) is 0 Å². The minimum atomic E-state index is -0.670. The van der Waals surface area contributed by atoms with Gasteiger partial charge in [0.05, 0.1) is 5.69 Å². The first kappa shape index (κ1) is 12.2. The molecule has 0 bridgehead atoms. The number of nitrogens with zero attached hydrogens (tertiary/aromatic N) is 2. The van der Waals surface area contributed by atoms with Crippen LogP contribution >= 0.6 is 0 Å². The van der Waals surface area contributed by atoms with Crippen LogP contribution in [0.5, 0.6) is 0 Å². The molecule has 0 aliphatic rings. The number of benzene rings is 1. The predicted molar refractivity (Wildman–Crippen MR) is 63.1 cm³/mol. The van der Waals surface area contributed by atoms with Crippen LogP contribution in [0.4, 0.5) is 14.7 Å². The maximum atomic E-state index is 13.4. The summed E-state index contributed by atoms with van der Waals surface area (Å²) in [6.45, 7) is 0. The van der Waals surface area contributed by atoms with Crippen molar-refractivity contribution in [3.05, 3.63) is 57.5 Å². The molecule has 2 rings (SSSR count). The fourth-order valence-electron chi connectivity index (χ4n) is 1.58. The molecule has 4 nitrogen and oxygen atoms in total. The third kappa shape index (κ3) is 2.22. The molecule has 0 radical (unpaired) electrons. The lowest BCUT2D eigenvalue weighted by Gasteiger charge is -2.07. The zero-order chi connectivity index (χ0) is 13.3. The Labute approximate surface area is 102 Å². The quantitative estimate of drug-likeness (QED) is 0.873. The number of hydrogen-bond acceptors (Lipinski definition) is 3. The van der Waals surface area contributed by atoms with E-state index in [1.165, 1.54) is 19.2 Å². The van der Waals surface area contributed by atoms with Crippen LogP contribution in [-0.4, -0.2) is 9.55 Å². The maximum absolute atomic E-state index is 13.4. The summed E-state index contributed by atoms with van der Waals surface area (Å²) in [7, 11) is 1.47. The molecule has 6 heteroatoms. The Bertz CT molecular complexity index is 632. The fraction of sp³-hybridized carbons (Fsp3) is 0.167. The molecule has 0 unspecified atom stereocenters. The zero-order valence-electron chi connectivity index (χ0n) is 9.65. The molecular formula is C12H11F2N3O. The normalized spacial score (nSPS) is 10.6. The van der Waals surface area contributed by atoms with Crippen LogP contribution in [0.1, 0.15) is 11.3 Å². The molecule has 0 saturated heterocycles. The van der Waals surface area contributed by atoms with E-state index in [9.17, 15) is 13.6 Å². The van der Waals surface area contributed by atoms with E-state index >= 15 is 0 Å². The van der Waals surface area contributed by atoms with Gasteiger partial charge < -0.3 is 5.73 Å². The van der Waals surface area contributed by atoms with Crippen molar-refractivity contribution in [2.75, 3.05) is 5.73 Å². The Morgan fingerprint density at radius 1 is 1.33 bits per heavy atom. The van der Waals surface area contributed by atoms with Crippen molar-refractivity contribution < 1.29 is 8.78 Å². The molecule has 1 heterocycles. The van der Waals surface area contributed by atoms with Gasteiger partial charge in [-0.15, -0.1) is 0 Å². The van der Waals surface area contributed by atoms with Gasteiger partial charge in [-0.05, 0) is 12.1 Å². The molecular weight excluding hydrogens is 240 g/mol. The van der Waals surface area contributed by atoms with Gasteiger partial charge in [0.15, 0.2) is 0 Å². The number of anilines is 1. The maximum Gasteiger partial charge on any atom is 0.254 e. The summed E-state index contributed by atoms with van der Waals surface area (Å²) in [5, 5.41) is 0. The Morgan fingerprint density at radius 3 is 2.50 bits per heavy atom. The van der Waals surface area contributed by atoms with Crippen molar-refractivity contribution >= 4 is 5.95 Å². The van der Waals surface area contributed by atoms with Crippen molar-refractivity contribution in [2.24, 2.45) is 7.05 Å². The molecule has 0 aliphatic heterocycles. The molecule has 2 aromatic rings. The van der Waals surface area contributed by atoms with Gasteiger partial charge in [0.1, 0.15) is 11.6 Å². The summed E-state index contributed by atoms with van der Waals surface area (Å²) in [4.78, 5) is 15.4. The number of halogens is 2. The van der Waals surface area contributed by atoms with E-state index in [0.717, 1.165) is 16.7 Å². The first-order chi connectivity index (χ1) is 8.49. The second kappa shape index (κ2) is 4.56. The van der Waals surface area contributed by atoms with E-state index in [4.69, 9.17) is 5.73 Å². The van der Waals surface area contributed by atoms with Gasteiger partial charge in [-0.2, -0.15) is 0 Å². The Hall–Kier alpha value is -2.24. The Morgan fingerprint density at radius 2 is 1.94 bits per heavy atom. The third-order valence-corrected chi connectivity index (χ3v) is 2.64. The lowest BCUT2D eigenvalue weighted by molar-refractivity contribution is 0.560. The first-order valence-corrected chi connectivity index (χ1v) is 5.24. The predicted octanol–water partition coefficient (Wildman–Crippen LogP) is 1.23. The molecule has 0 spiro atoms. The summed E-state index contributed by atoms with van der Waals surface area (Å²) in [5.41, 5.74) is 5.26. The second-order valence-corrected chi connectivity index (χ2v) is 3.88. The second-order valence-electron chi connectivity index (χ2n) is 3.88. The summed E-state index contributed by atoms with van der Waals surface area (Å²) in [6.07, 6.45) is -0.112. The smallest absolute Gasteiger partial charge is 0.254 e. The van der Waals surface area contributed by atoms with Crippen LogP contribution in [0.15, 0.2) is 29.1 Å². The van der Waals surface area contributed by atoms with Gasteiger partial charge in [0, 0.05) is 25.1 Å². The van der Waals surface area contributed by atoms with Crippen LogP contribution < -0.4 is 11.3 Å². The number of hydrogen-bond donors (Lipinski definition) is 1. The van der Waals surface area contributed by atoms with Gasteiger partial charge in [-0.25, -0.2) is 13.8 Å². The Kier molecular flexibility index (Phi) is 3.10. The van der Waals surface area contributed by atoms with Crippen molar-refractivity contribution in [2.45, 2.75) is 6.42 Å². The molecule has 94 valence electrons. The van der Waals surface area contributed by atoms with E-state index in [1.807, 2.05) is 0 Å². The number of nitrogens with two attached hydrogens (primary N) is 1. The standard InChI is InChI=1S/C12H11F2N3O/c1-17-11(18)6-7(16-12(17)15)5-8-9(13)3-2-4-10(8)14/h2-4,6H,5H2,1H3,(H2,15,16). The van der Waals surface area contributed by atoms with Crippen molar-refractivity contribution in [1.29, 1.82) is 0 Å². The SMILES string of the molecule is Cn1c(N)nc(Cc2c(F)cccc2F)cc1=O. The van der Waals surface area contributed by atoms with Crippen LogP contribution in [-0.2, 0) is 13.5 Å². The molecule has 0 amide bonds. The monoisotopic (exact) mass is 251 g/mol. The lowest BCUT2D eigenvalue weighted by atomic mass is 10.1. The van der Waals surface area contributed by atoms with E-state index in [-0.39, 0.29) is 29.2 Å². The number of nitrogen functional groups attached to an aromatic ring is 1. The molecule has 0 saturated carbocycles. The van der Waals surface area contributed by atoms with Crippen LogP contribution in [0.25, 0.3) is 0 Å². The van der Waals surface area contributed by atoms with Crippen molar-refractivity contribution in [1.82, 2.24) is 9.55 Å². The number of rotatable bonds is 2. The van der Waals surface area contributed by atoms with Gasteiger partial charge in [0.25, 0.3) is 5.56 Å². The molecule has 18 heavy (non-hydrogen) atoms. The van der Waals surface area contributed by atoms with Gasteiger partial charge >= 0.3 is 0 Å². The molecule has 1 aromatic carbocycles. The first-order valence-electron chi connectivity index (χ1n) is 5.24.